The molecular formula is C16H19NO5. The van der Waals surface area contributed by atoms with Gasteiger partial charge in [-0.05, 0) is 37.1 Å². The lowest BCUT2D eigenvalue weighted by Gasteiger charge is -2.10. The molecule has 0 spiro atoms. The molecule has 0 saturated carbocycles. The van der Waals surface area contributed by atoms with E-state index in [0.29, 0.717) is 11.5 Å². The van der Waals surface area contributed by atoms with Gasteiger partial charge in [0.05, 0.1) is 0 Å². The number of benzene rings is 1. The lowest BCUT2D eigenvalue weighted by atomic mass is 10.2. The summed E-state index contributed by atoms with van der Waals surface area (Å²) in [6.45, 7) is 3.77. The summed E-state index contributed by atoms with van der Waals surface area (Å²) >= 11 is 0. The Morgan fingerprint density at radius 2 is 2.14 bits per heavy atom. The number of rotatable bonds is 6. The number of nitrogens with one attached hydrogen (secondary N) is 1. The molecule has 0 unspecified atom stereocenters. The first-order valence-electron chi connectivity index (χ1n) is 7.12. The van der Waals surface area contributed by atoms with Crippen molar-refractivity contribution in [3.63, 3.8) is 0 Å². The van der Waals surface area contributed by atoms with Gasteiger partial charge in [0.25, 0.3) is 5.91 Å². The Kier molecular flexibility index (Phi) is 5.41. The number of carbonyl (C=O) groups is 2. The van der Waals surface area contributed by atoms with Crippen LogP contribution in [0.4, 0.5) is 0 Å². The van der Waals surface area contributed by atoms with E-state index < -0.39 is 5.97 Å². The number of hydrogen-bond donors (Lipinski definition) is 1. The topological polar surface area (TPSA) is 73.9 Å². The molecule has 1 heterocycles. The van der Waals surface area contributed by atoms with E-state index in [1.165, 1.54) is 6.08 Å². The van der Waals surface area contributed by atoms with Gasteiger partial charge in [0.2, 0.25) is 6.79 Å². The normalized spacial score (nSPS) is 13.9. The van der Waals surface area contributed by atoms with Crippen molar-refractivity contribution in [2.24, 2.45) is 0 Å². The Morgan fingerprint density at radius 1 is 1.36 bits per heavy atom. The SMILES string of the molecule is CC[C@@H](C)NC(=O)COC(=O)/C=C/c1ccc2c(c1)OCO2. The lowest BCUT2D eigenvalue weighted by molar-refractivity contribution is -0.144. The van der Waals surface area contributed by atoms with Crippen molar-refractivity contribution in [1.29, 1.82) is 0 Å². The summed E-state index contributed by atoms with van der Waals surface area (Å²) in [4.78, 5) is 23.0. The Bertz CT molecular complexity index is 582. The minimum Gasteiger partial charge on any atom is -0.454 e. The zero-order valence-corrected chi connectivity index (χ0v) is 12.6. The standard InChI is InChI=1S/C16H19NO5/c1-3-11(2)17-15(18)9-20-16(19)7-5-12-4-6-13-14(8-12)22-10-21-13/h4-8,11H,3,9-10H2,1-2H3,(H,17,18)/b7-5+/t11-/m1/s1. The molecule has 2 rings (SSSR count). The summed E-state index contributed by atoms with van der Waals surface area (Å²) in [5, 5.41) is 2.72. The molecule has 1 aliphatic heterocycles. The summed E-state index contributed by atoms with van der Waals surface area (Å²) in [6.07, 6.45) is 3.69. The number of esters is 1. The van der Waals surface area contributed by atoms with Crippen LogP contribution in [-0.4, -0.2) is 31.3 Å². The molecule has 0 bridgehead atoms. The molecule has 1 atom stereocenters. The highest BCUT2D eigenvalue weighted by molar-refractivity contribution is 5.89. The Hall–Kier alpha value is -2.50. The maximum Gasteiger partial charge on any atom is 0.331 e. The fraction of sp³-hybridized carbons (Fsp3) is 0.375. The molecule has 118 valence electrons. The molecule has 22 heavy (non-hydrogen) atoms. The van der Waals surface area contributed by atoms with E-state index in [9.17, 15) is 9.59 Å². The predicted octanol–water partition coefficient (Wildman–Crippen LogP) is 1.89. The summed E-state index contributed by atoms with van der Waals surface area (Å²) < 4.78 is 15.3. The van der Waals surface area contributed by atoms with Crippen molar-refractivity contribution in [2.75, 3.05) is 13.4 Å². The lowest BCUT2D eigenvalue weighted by Crippen LogP contribution is -2.35. The average molecular weight is 305 g/mol. The largest absolute Gasteiger partial charge is 0.454 e. The third-order valence-electron chi connectivity index (χ3n) is 3.17. The van der Waals surface area contributed by atoms with Crippen LogP contribution in [0, 0.1) is 0 Å². The summed E-state index contributed by atoms with van der Waals surface area (Å²) in [5.74, 6) is 0.445. The molecule has 0 fully saturated rings. The third kappa shape index (κ3) is 4.51. The van der Waals surface area contributed by atoms with E-state index >= 15 is 0 Å². The van der Waals surface area contributed by atoms with Crippen LogP contribution >= 0.6 is 0 Å². The van der Waals surface area contributed by atoms with E-state index in [4.69, 9.17) is 14.2 Å². The van der Waals surface area contributed by atoms with Crippen molar-refractivity contribution in [3.8, 4) is 11.5 Å². The van der Waals surface area contributed by atoms with Gasteiger partial charge in [-0.15, -0.1) is 0 Å². The summed E-state index contributed by atoms with van der Waals surface area (Å²) in [7, 11) is 0. The molecule has 0 radical (unpaired) electrons. The molecule has 1 aliphatic rings. The quantitative estimate of drug-likeness (QED) is 0.642. The average Bonchev–Trinajstić information content (AvgIpc) is 2.98. The highest BCUT2D eigenvalue weighted by Gasteiger charge is 2.12. The monoisotopic (exact) mass is 305 g/mol. The number of carbonyl (C=O) groups excluding carboxylic acids is 2. The van der Waals surface area contributed by atoms with Crippen LogP contribution in [-0.2, 0) is 14.3 Å². The first kappa shape index (κ1) is 15.9. The Balaban J connectivity index is 1.80. The second kappa shape index (κ2) is 7.49. The number of hydrogen-bond acceptors (Lipinski definition) is 5. The number of amides is 1. The van der Waals surface area contributed by atoms with Gasteiger partial charge in [-0.1, -0.05) is 13.0 Å². The van der Waals surface area contributed by atoms with Crippen LogP contribution in [0.15, 0.2) is 24.3 Å². The maximum absolute atomic E-state index is 11.6. The maximum atomic E-state index is 11.6. The second-order valence-corrected chi connectivity index (χ2v) is 4.93. The van der Waals surface area contributed by atoms with Gasteiger partial charge in [0.15, 0.2) is 18.1 Å². The fourth-order valence-corrected chi connectivity index (χ4v) is 1.78. The highest BCUT2D eigenvalue weighted by Crippen LogP contribution is 2.32. The zero-order chi connectivity index (χ0) is 15.9. The summed E-state index contributed by atoms with van der Waals surface area (Å²) in [5.41, 5.74) is 0.783. The molecule has 1 aromatic carbocycles. The smallest absolute Gasteiger partial charge is 0.331 e. The molecule has 0 aromatic heterocycles. The molecular weight excluding hydrogens is 286 g/mol. The third-order valence-corrected chi connectivity index (χ3v) is 3.17. The minimum absolute atomic E-state index is 0.0652. The van der Waals surface area contributed by atoms with Gasteiger partial charge >= 0.3 is 5.97 Å². The Labute approximate surface area is 129 Å². The summed E-state index contributed by atoms with van der Waals surface area (Å²) in [6, 6.07) is 5.40. The van der Waals surface area contributed by atoms with Crippen molar-refractivity contribution in [3.05, 3.63) is 29.8 Å². The van der Waals surface area contributed by atoms with E-state index in [1.807, 2.05) is 13.8 Å². The zero-order valence-electron chi connectivity index (χ0n) is 12.6. The van der Waals surface area contributed by atoms with Crippen LogP contribution < -0.4 is 14.8 Å². The van der Waals surface area contributed by atoms with E-state index in [1.54, 1.807) is 24.3 Å². The van der Waals surface area contributed by atoms with Crippen molar-refractivity contribution in [1.82, 2.24) is 5.32 Å². The highest BCUT2D eigenvalue weighted by atomic mass is 16.7. The van der Waals surface area contributed by atoms with Gasteiger partial charge < -0.3 is 19.5 Å². The van der Waals surface area contributed by atoms with Crippen LogP contribution in [0.1, 0.15) is 25.8 Å². The molecule has 1 amide bonds. The van der Waals surface area contributed by atoms with Gasteiger partial charge in [0.1, 0.15) is 0 Å². The molecule has 0 saturated heterocycles. The van der Waals surface area contributed by atoms with Crippen LogP contribution in [0.5, 0.6) is 11.5 Å². The first-order valence-corrected chi connectivity index (χ1v) is 7.12. The van der Waals surface area contributed by atoms with Crippen molar-refractivity contribution < 1.29 is 23.8 Å². The van der Waals surface area contributed by atoms with Gasteiger partial charge in [-0.2, -0.15) is 0 Å². The number of fused-ring (bicyclic) bond motifs is 1. The molecule has 6 heteroatoms. The van der Waals surface area contributed by atoms with Gasteiger partial charge in [-0.25, -0.2) is 4.79 Å². The van der Waals surface area contributed by atoms with Crippen LogP contribution in [0.25, 0.3) is 6.08 Å². The van der Waals surface area contributed by atoms with Crippen LogP contribution in [0.2, 0.25) is 0 Å². The van der Waals surface area contributed by atoms with E-state index in [0.717, 1.165) is 12.0 Å². The number of ether oxygens (including phenoxy) is 3. The van der Waals surface area contributed by atoms with Gasteiger partial charge in [-0.3, -0.25) is 4.79 Å². The first-order chi connectivity index (χ1) is 10.6. The molecule has 1 N–H and O–H groups in total. The Morgan fingerprint density at radius 3 is 2.91 bits per heavy atom. The molecule has 1 aromatic rings. The van der Waals surface area contributed by atoms with Crippen molar-refractivity contribution >= 4 is 18.0 Å². The van der Waals surface area contributed by atoms with Gasteiger partial charge in [0, 0.05) is 12.1 Å². The molecule has 0 aliphatic carbocycles. The minimum atomic E-state index is -0.572. The predicted molar refractivity (Wildman–Crippen MR) is 80.5 cm³/mol. The fourth-order valence-electron chi connectivity index (χ4n) is 1.78. The second-order valence-electron chi connectivity index (χ2n) is 4.93. The van der Waals surface area contributed by atoms with Crippen molar-refractivity contribution in [2.45, 2.75) is 26.3 Å². The van der Waals surface area contributed by atoms with E-state index in [2.05, 4.69) is 5.32 Å². The van der Waals surface area contributed by atoms with Crippen LogP contribution in [0.3, 0.4) is 0 Å². The molecule has 6 nitrogen and oxygen atoms in total. The van der Waals surface area contributed by atoms with E-state index in [-0.39, 0.29) is 25.3 Å².